The molecule has 0 aliphatic carbocycles. The number of methoxy groups -OCH3 is 1. The Labute approximate surface area is 140 Å². The van der Waals surface area contributed by atoms with Crippen molar-refractivity contribution in [2.45, 2.75) is 29.9 Å². The highest BCUT2D eigenvalue weighted by Crippen LogP contribution is 2.27. The first kappa shape index (κ1) is 17.2. The fraction of sp³-hybridized carbons (Fsp3) is 0.500. The molecule has 0 radical (unpaired) electrons. The van der Waals surface area contributed by atoms with Gasteiger partial charge in [0.05, 0.1) is 18.3 Å². The molecule has 0 spiro atoms. The van der Waals surface area contributed by atoms with E-state index in [9.17, 15) is 9.59 Å². The zero-order valence-electron chi connectivity index (χ0n) is 12.8. The quantitative estimate of drug-likeness (QED) is 0.623. The molecule has 0 unspecified atom stereocenters. The molecule has 0 N–H and O–H groups in total. The van der Waals surface area contributed by atoms with Crippen molar-refractivity contribution in [2.24, 2.45) is 5.92 Å². The number of hydrogen-bond donors (Lipinski definition) is 0. The predicted molar refractivity (Wildman–Crippen MR) is 88.1 cm³/mol. The Morgan fingerprint density at radius 2 is 1.86 bits per heavy atom. The SMILES string of the molecule is COC(=O)C1CCN(C(=O)[C@H](C)Sc2ccc(Cl)cc2)CC1. The molecule has 1 aliphatic rings. The zero-order chi connectivity index (χ0) is 16.1. The van der Waals surface area contributed by atoms with Gasteiger partial charge in [0.15, 0.2) is 0 Å². The molecule has 1 saturated heterocycles. The number of thioether (sulfide) groups is 1. The van der Waals surface area contributed by atoms with Crippen molar-refractivity contribution < 1.29 is 14.3 Å². The third-order valence-electron chi connectivity index (χ3n) is 3.82. The van der Waals surface area contributed by atoms with Crippen molar-refractivity contribution in [1.82, 2.24) is 4.90 Å². The Morgan fingerprint density at radius 1 is 1.27 bits per heavy atom. The largest absolute Gasteiger partial charge is 0.469 e. The lowest BCUT2D eigenvalue weighted by atomic mass is 9.97. The number of halogens is 1. The van der Waals surface area contributed by atoms with Gasteiger partial charge in [-0.2, -0.15) is 0 Å². The van der Waals surface area contributed by atoms with Gasteiger partial charge in [0.1, 0.15) is 0 Å². The highest BCUT2D eigenvalue weighted by atomic mass is 35.5. The van der Waals surface area contributed by atoms with Gasteiger partial charge < -0.3 is 9.64 Å². The maximum Gasteiger partial charge on any atom is 0.308 e. The van der Waals surface area contributed by atoms with Crippen LogP contribution in [-0.4, -0.2) is 42.2 Å². The summed E-state index contributed by atoms with van der Waals surface area (Å²) >= 11 is 7.39. The number of rotatable bonds is 4. The number of esters is 1. The van der Waals surface area contributed by atoms with Gasteiger partial charge >= 0.3 is 5.97 Å². The Balaban J connectivity index is 1.86. The molecule has 1 fully saturated rings. The van der Waals surface area contributed by atoms with Gasteiger partial charge in [0, 0.05) is 23.0 Å². The lowest BCUT2D eigenvalue weighted by molar-refractivity contribution is -0.148. The number of nitrogens with zero attached hydrogens (tertiary/aromatic N) is 1. The van der Waals surface area contributed by atoms with Crippen LogP contribution in [0.3, 0.4) is 0 Å². The number of hydrogen-bond acceptors (Lipinski definition) is 4. The lowest BCUT2D eigenvalue weighted by Crippen LogP contribution is -2.43. The van der Waals surface area contributed by atoms with Crippen LogP contribution >= 0.6 is 23.4 Å². The summed E-state index contributed by atoms with van der Waals surface area (Å²) in [7, 11) is 1.41. The van der Waals surface area contributed by atoms with Crippen LogP contribution in [0.2, 0.25) is 5.02 Å². The van der Waals surface area contributed by atoms with Gasteiger partial charge in [-0.05, 0) is 44.0 Å². The second-order valence-electron chi connectivity index (χ2n) is 5.34. The summed E-state index contributed by atoms with van der Waals surface area (Å²) < 4.78 is 4.76. The van der Waals surface area contributed by atoms with E-state index in [1.54, 1.807) is 0 Å². The van der Waals surface area contributed by atoms with Crippen molar-refractivity contribution in [1.29, 1.82) is 0 Å². The van der Waals surface area contributed by atoms with Crippen molar-refractivity contribution in [3.63, 3.8) is 0 Å². The first-order valence-electron chi connectivity index (χ1n) is 7.30. The molecule has 1 aromatic rings. The van der Waals surface area contributed by atoms with Crippen molar-refractivity contribution >= 4 is 35.2 Å². The normalized spacial score (nSPS) is 17.1. The number of piperidine rings is 1. The first-order chi connectivity index (χ1) is 10.5. The molecule has 1 heterocycles. The summed E-state index contributed by atoms with van der Waals surface area (Å²) in [5.41, 5.74) is 0. The standard InChI is InChI=1S/C16H20ClNO3S/c1-11(22-14-5-3-13(17)4-6-14)15(19)18-9-7-12(8-10-18)16(20)21-2/h3-6,11-12H,7-10H2,1-2H3/t11-/m0/s1. The fourth-order valence-corrected chi connectivity index (χ4v) is 3.60. The molecule has 120 valence electrons. The van der Waals surface area contributed by atoms with Crippen LogP contribution in [-0.2, 0) is 14.3 Å². The summed E-state index contributed by atoms with van der Waals surface area (Å²) in [6, 6.07) is 7.48. The minimum absolute atomic E-state index is 0.0757. The maximum absolute atomic E-state index is 12.5. The molecule has 6 heteroatoms. The smallest absolute Gasteiger partial charge is 0.308 e. The van der Waals surface area contributed by atoms with Crippen LogP contribution in [0.25, 0.3) is 0 Å². The van der Waals surface area contributed by atoms with Crippen molar-refractivity contribution in [3.05, 3.63) is 29.3 Å². The second-order valence-corrected chi connectivity index (χ2v) is 7.19. The van der Waals surface area contributed by atoms with Gasteiger partial charge in [-0.15, -0.1) is 11.8 Å². The molecule has 1 aliphatic heterocycles. The van der Waals surface area contributed by atoms with Crippen LogP contribution in [0.1, 0.15) is 19.8 Å². The summed E-state index contributed by atoms with van der Waals surface area (Å²) in [5, 5.41) is 0.532. The number of carbonyl (C=O) groups excluding carboxylic acids is 2. The third kappa shape index (κ3) is 4.40. The Morgan fingerprint density at radius 3 is 2.41 bits per heavy atom. The summed E-state index contributed by atoms with van der Waals surface area (Å²) in [5.74, 6) is -0.132. The number of amides is 1. The first-order valence-corrected chi connectivity index (χ1v) is 8.56. The van der Waals surface area contributed by atoms with E-state index in [1.807, 2.05) is 36.1 Å². The Kier molecular flexibility index (Phi) is 6.15. The average Bonchev–Trinajstić information content (AvgIpc) is 2.55. The Bertz CT molecular complexity index is 527. The van der Waals surface area contributed by atoms with Crippen LogP contribution in [0.5, 0.6) is 0 Å². The summed E-state index contributed by atoms with van der Waals surface area (Å²) in [6.07, 6.45) is 1.35. The van der Waals surface area contributed by atoms with Crippen LogP contribution < -0.4 is 0 Å². The van der Waals surface area contributed by atoms with E-state index in [-0.39, 0.29) is 23.0 Å². The summed E-state index contributed by atoms with van der Waals surface area (Å²) in [6.45, 7) is 3.14. The molecular weight excluding hydrogens is 322 g/mol. The highest BCUT2D eigenvalue weighted by molar-refractivity contribution is 8.00. The lowest BCUT2D eigenvalue weighted by Gasteiger charge is -2.32. The van der Waals surface area contributed by atoms with Crippen LogP contribution in [0.4, 0.5) is 0 Å². The molecule has 0 aromatic heterocycles. The van der Waals surface area contributed by atoms with E-state index >= 15 is 0 Å². The average molecular weight is 342 g/mol. The molecule has 1 amide bonds. The van der Waals surface area contributed by atoms with Crippen molar-refractivity contribution in [3.8, 4) is 0 Å². The molecular formula is C16H20ClNO3S. The van der Waals surface area contributed by atoms with Gasteiger partial charge in [0.2, 0.25) is 5.91 Å². The van der Waals surface area contributed by atoms with Crippen LogP contribution in [0.15, 0.2) is 29.2 Å². The molecule has 1 atom stereocenters. The Hall–Kier alpha value is -1.20. The third-order valence-corrected chi connectivity index (χ3v) is 5.17. The molecule has 4 nitrogen and oxygen atoms in total. The van der Waals surface area contributed by atoms with Gasteiger partial charge in [-0.3, -0.25) is 9.59 Å². The van der Waals surface area contributed by atoms with E-state index in [1.165, 1.54) is 18.9 Å². The van der Waals surface area contributed by atoms with E-state index in [2.05, 4.69) is 0 Å². The topological polar surface area (TPSA) is 46.6 Å². The second kappa shape index (κ2) is 7.88. The minimum Gasteiger partial charge on any atom is -0.469 e. The van der Waals surface area contributed by atoms with E-state index < -0.39 is 0 Å². The van der Waals surface area contributed by atoms with E-state index in [0.29, 0.717) is 31.0 Å². The van der Waals surface area contributed by atoms with E-state index in [0.717, 1.165) is 4.90 Å². The minimum atomic E-state index is -0.171. The number of likely N-dealkylation sites (tertiary alicyclic amines) is 1. The van der Waals surface area contributed by atoms with Gasteiger partial charge in [0.25, 0.3) is 0 Å². The van der Waals surface area contributed by atoms with Gasteiger partial charge in [-0.1, -0.05) is 11.6 Å². The summed E-state index contributed by atoms with van der Waals surface area (Å²) in [4.78, 5) is 26.8. The molecule has 22 heavy (non-hydrogen) atoms. The zero-order valence-corrected chi connectivity index (χ0v) is 14.3. The predicted octanol–water partition coefficient (Wildman–Crippen LogP) is 3.23. The van der Waals surface area contributed by atoms with Crippen molar-refractivity contribution in [2.75, 3.05) is 20.2 Å². The number of ether oxygens (including phenoxy) is 1. The number of carbonyl (C=O) groups is 2. The fourth-order valence-electron chi connectivity index (χ4n) is 2.53. The molecule has 0 saturated carbocycles. The number of benzene rings is 1. The molecule has 1 aromatic carbocycles. The monoisotopic (exact) mass is 341 g/mol. The highest BCUT2D eigenvalue weighted by Gasteiger charge is 2.29. The molecule has 2 rings (SSSR count). The molecule has 0 bridgehead atoms. The maximum atomic E-state index is 12.5. The van der Waals surface area contributed by atoms with Gasteiger partial charge in [-0.25, -0.2) is 0 Å². The van der Waals surface area contributed by atoms with Crippen LogP contribution in [0, 0.1) is 5.92 Å². The van der Waals surface area contributed by atoms with E-state index in [4.69, 9.17) is 16.3 Å².